The van der Waals surface area contributed by atoms with Gasteiger partial charge in [-0.2, -0.15) is 13.2 Å². The lowest BCUT2D eigenvalue weighted by Crippen LogP contribution is -2.04. The van der Waals surface area contributed by atoms with Crippen molar-refractivity contribution in [3.05, 3.63) is 52.8 Å². The maximum atomic E-state index is 12.4. The highest BCUT2D eigenvalue weighted by molar-refractivity contribution is 6.29. The highest BCUT2D eigenvalue weighted by Crippen LogP contribution is 2.31. The van der Waals surface area contributed by atoms with Crippen LogP contribution in [0.1, 0.15) is 15.9 Å². The molecule has 2 rings (SSSR count). The average Bonchev–Trinajstić information content (AvgIpc) is 2.37. The van der Waals surface area contributed by atoms with Crippen molar-refractivity contribution in [3.63, 3.8) is 0 Å². The summed E-state index contributed by atoms with van der Waals surface area (Å²) in [5, 5.41) is 0.151. The third-order valence-corrected chi connectivity index (χ3v) is 2.76. The molecule has 0 bridgehead atoms. The maximum absolute atomic E-state index is 12.4. The molecule has 1 aromatic heterocycles. The number of nitrogens with zero attached hydrogens (tertiary/aromatic N) is 1. The van der Waals surface area contributed by atoms with Gasteiger partial charge in [0.2, 0.25) is 0 Å². The van der Waals surface area contributed by atoms with E-state index in [-0.39, 0.29) is 10.7 Å². The topological polar surface area (TPSA) is 30.0 Å². The average molecular weight is 286 g/mol. The lowest BCUT2D eigenvalue weighted by atomic mass is 10.0. The highest BCUT2D eigenvalue weighted by atomic mass is 35.5. The molecular formula is C13H7ClF3NO. The van der Waals surface area contributed by atoms with Crippen molar-refractivity contribution < 1.29 is 18.0 Å². The molecule has 2 aromatic rings. The molecule has 98 valence electrons. The normalized spacial score (nSPS) is 11.4. The van der Waals surface area contributed by atoms with Gasteiger partial charge in [-0.25, -0.2) is 4.98 Å². The van der Waals surface area contributed by atoms with E-state index >= 15 is 0 Å². The Morgan fingerprint density at radius 2 is 1.79 bits per heavy atom. The van der Waals surface area contributed by atoms with Gasteiger partial charge in [-0.1, -0.05) is 23.7 Å². The zero-order valence-electron chi connectivity index (χ0n) is 9.41. The summed E-state index contributed by atoms with van der Waals surface area (Å²) in [5.41, 5.74) is 0.443. The second-order valence-electron chi connectivity index (χ2n) is 3.79. The minimum atomic E-state index is -4.38. The third-order valence-electron chi connectivity index (χ3n) is 2.55. The van der Waals surface area contributed by atoms with Gasteiger partial charge in [-0.15, -0.1) is 0 Å². The van der Waals surface area contributed by atoms with Crippen LogP contribution >= 0.6 is 11.6 Å². The molecule has 0 unspecified atom stereocenters. The highest BCUT2D eigenvalue weighted by Gasteiger charge is 2.30. The van der Waals surface area contributed by atoms with Crippen LogP contribution in [0.3, 0.4) is 0 Å². The van der Waals surface area contributed by atoms with Crippen molar-refractivity contribution in [1.29, 1.82) is 0 Å². The predicted molar refractivity (Wildman–Crippen MR) is 65.1 cm³/mol. The zero-order valence-corrected chi connectivity index (χ0v) is 10.2. The van der Waals surface area contributed by atoms with Gasteiger partial charge in [0, 0.05) is 17.3 Å². The van der Waals surface area contributed by atoms with Crippen LogP contribution in [0.15, 0.2) is 36.5 Å². The summed E-state index contributed by atoms with van der Waals surface area (Å²) in [6.07, 6.45) is -2.44. The number of carbonyl (C=O) groups excluding carboxylic acids is 1. The Hall–Kier alpha value is -1.88. The Morgan fingerprint density at radius 3 is 2.32 bits per heavy atom. The SMILES string of the molecule is O=Cc1cc(Cl)ncc1-c1ccc(C(F)(F)F)cc1. The minimum Gasteiger partial charge on any atom is -0.298 e. The van der Waals surface area contributed by atoms with Crippen LogP contribution in [0.4, 0.5) is 13.2 Å². The molecular weight excluding hydrogens is 279 g/mol. The molecule has 1 heterocycles. The van der Waals surface area contributed by atoms with Crippen LogP contribution in [-0.2, 0) is 6.18 Å². The second-order valence-corrected chi connectivity index (χ2v) is 4.17. The molecule has 19 heavy (non-hydrogen) atoms. The molecule has 0 saturated carbocycles. The van der Waals surface area contributed by atoms with Crippen LogP contribution < -0.4 is 0 Å². The summed E-state index contributed by atoms with van der Waals surface area (Å²) in [4.78, 5) is 14.7. The summed E-state index contributed by atoms with van der Waals surface area (Å²) in [7, 11) is 0. The third kappa shape index (κ3) is 2.93. The maximum Gasteiger partial charge on any atom is 0.416 e. The summed E-state index contributed by atoms with van der Waals surface area (Å²) in [6.45, 7) is 0. The Labute approximate surface area is 111 Å². The number of hydrogen-bond donors (Lipinski definition) is 0. The molecule has 0 saturated heterocycles. The van der Waals surface area contributed by atoms with Crippen molar-refractivity contribution in [2.45, 2.75) is 6.18 Å². The van der Waals surface area contributed by atoms with Crippen LogP contribution in [0.25, 0.3) is 11.1 Å². The van der Waals surface area contributed by atoms with Gasteiger partial charge in [-0.05, 0) is 23.8 Å². The molecule has 0 N–H and O–H groups in total. The van der Waals surface area contributed by atoms with Crippen molar-refractivity contribution in [1.82, 2.24) is 4.98 Å². The quantitative estimate of drug-likeness (QED) is 0.610. The van der Waals surface area contributed by atoms with E-state index in [1.807, 2.05) is 0 Å². The number of carbonyl (C=O) groups is 1. The van der Waals surface area contributed by atoms with E-state index in [0.717, 1.165) is 12.1 Å². The molecule has 0 amide bonds. The molecule has 0 fully saturated rings. The van der Waals surface area contributed by atoms with E-state index < -0.39 is 11.7 Å². The number of pyridine rings is 1. The van der Waals surface area contributed by atoms with E-state index in [1.54, 1.807) is 0 Å². The minimum absolute atomic E-state index is 0.151. The number of hydrogen-bond acceptors (Lipinski definition) is 2. The number of alkyl halides is 3. The fourth-order valence-electron chi connectivity index (χ4n) is 1.62. The van der Waals surface area contributed by atoms with Gasteiger partial charge in [0.15, 0.2) is 6.29 Å². The Bertz CT molecular complexity index is 608. The first-order chi connectivity index (χ1) is 8.91. The summed E-state index contributed by atoms with van der Waals surface area (Å²) in [6, 6.07) is 5.86. The largest absolute Gasteiger partial charge is 0.416 e. The molecule has 0 spiro atoms. The summed E-state index contributed by atoms with van der Waals surface area (Å²) < 4.78 is 37.3. The standard InChI is InChI=1S/C13H7ClF3NO/c14-12-5-9(7-19)11(6-18-12)8-1-3-10(4-2-8)13(15,16)17/h1-7H. The number of aromatic nitrogens is 1. The molecule has 1 aromatic carbocycles. The molecule has 0 radical (unpaired) electrons. The fourth-order valence-corrected chi connectivity index (χ4v) is 1.79. The molecule has 2 nitrogen and oxygen atoms in total. The number of aldehydes is 1. The van der Waals surface area contributed by atoms with Crippen molar-refractivity contribution >= 4 is 17.9 Å². The Kier molecular flexibility index (Phi) is 3.57. The van der Waals surface area contributed by atoms with Gasteiger partial charge >= 0.3 is 6.18 Å². The van der Waals surface area contributed by atoms with Crippen molar-refractivity contribution in [3.8, 4) is 11.1 Å². The van der Waals surface area contributed by atoms with E-state index in [0.29, 0.717) is 17.4 Å². The van der Waals surface area contributed by atoms with Crippen LogP contribution in [0.5, 0.6) is 0 Å². The van der Waals surface area contributed by atoms with Gasteiger partial charge in [-0.3, -0.25) is 4.79 Å². The predicted octanol–water partition coefficient (Wildman–Crippen LogP) is 4.23. The summed E-state index contributed by atoms with van der Waals surface area (Å²) in [5.74, 6) is 0. The van der Waals surface area contributed by atoms with Crippen LogP contribution in [0, 0.1) is 0 Å². The van der Waals surface area contributed by atoms with Crippen molar-refractivity contribution in [2.75, 3.05) is 0 Å². The first-order valence-electron chi connectivity index (χ1n) is 5.20. The van der Waals surface area contributed by atoms with Gasteiger partial charge in [0.05, 0.1) is 5.56 Å². The molecule has 0 aliphatic heterocycles. The lowest BCUT2D eigenvalue weighted by Gasteiger charge is -2.09. The number of rotatable bonds is 2. The molecule has 6 heteroatoms. The van der Waals surface area contributed by atoms with E-state index in [1.165, 1.54) is 24.4 Å². The smallest absolute Gasteiger partial charge is 0.298 e. The monoisotopic (exact) mass is 285 g/mol. The molecule has 0 atom stereocenters. The van der Waals surface area contributed by atoms with E-state index in [2.05, 4.69) is 4.98 Å². The molecule has 0 aliphatic carbocycles. The van der Waals surface area contributed by atoms with E-state index in [4.69, 9.17) is 11.6 Å². The molecule has 0 aliphatic rings. The number of halogens is 4. The lowest BCUT2D eigenvalue weighted by molar-refractivity contribution is -0.137. The van der Waals surface area contributed by atoms with Crippen molar-refractivity contribution in [2.24, 2.45) is 0 Å². The summed E-state index contributed by atoms with van der Waals surface area (Å²) >= 11 is 5.65. The van der Waals surface area contributed by atoms with Gasteiger partial charge < -0.3 is 0 Å². The first-order valence-corrected chi connectivity index (χ1v) is 5.58. The van der Waals surface area contributed by atoms with E-state index in [9.17, 15) is 18.0 Å². The van der Waals surface area contributed by atoms with Crippen LogP contribution in [-0.4, -0.2) is 11.3 Å². The number of benzene rings is 1. The fraction of sp³-hybridized carbons (Fsp3) is 0.0769. The van der Waals surface area contributed by atoms with Crippen LogP contribution in [0.2, 0.25) is 5.15 Å². The Morgan fingerprint density at radius 1 is 1.16 bits per heavy atom. The first kappa shape index (κ1) is 13.5. The second kappa shape index (κ2) is 5.01. The Balaban J connectivity index is 2.46. The van der Waals surface area contributed by atoms with Gasteiger partial charge in [0.25, 0.3) is 0 Å². The zero-order chi connectivity index (χ0) is 14.0. The van der Waals surface area contributed by atoms with Gasteiger partial charge in [0.1, 0.15) is 5.15 Å².